The molecule has 3 rings (SSSR count). The van der Waals surface area contributed by atoms with E-state index in [-0.39, 0.29) is 5.41 Å². The minimum absolute atomic E-state index is 0.132. The molecule has 0 saturated carbocycles. The van der Waals surface area contributed by atoms with Crippen LogP contribution in [0.1, 0.15) is 43.5 Å². The lowest BCUT2D eigenvalue weighted by Crippen LogP contribution is -2.33. The molecule has 0 radical (unpaired) electrons. The fourth-order valence-corrected chi connectivity index (χ4v) is 2.89. The van der Waals surface area contributed by atoms with Gasteiger partial charge < -0.3 is 14.4 Å². The van der Waals surface area contributed by atoms with E-state index in [0.717, 1.165) is 41.6 Å². The summed E-state index contributed by atoms with van der Waals surface area (Å²) >= 11 is 0. The Morgan fingerprint density at radius 2 is 1.96 bits per heavy atom. The molecule has 0 unspecified atom stereocenters. The molecule has 0 aliphatic carbocycles. The third-order valence-electron chi connectivity index (χ3n) is 4.21. The molecule has 25 heavy (non-hydrogen) atoms. The number of anilines is 1. The van der Waals surface area contributed by atoms with Crippen molar-refractivity contribution in [3.8, 4) is 5.88 Å². The number of rotatable bonds is 4. The van der Waals surface area contributed by atoms with Gasteiger partial charge in [-0.1, -0.05) is 20.8 Å². The lowest BCUT2D eigenvalue weighted by Gasteiger charge is -2.30. The number of fused-ring (bicyclic) bond motifs is 1. The van der Waals surface area contributed by atoms with Crippen LogP contribution in [-0.4, -0.2) is 40.7 Å². The van der Waals surface area contributed by atoms with Crippen molar-refractivity contribution in [3.05, 3.63) is 35.2 Å². The van der Waals surface area contributed by atoms with Crippen molar-refractivity contribution in [2.45, 2.75) is 45.8 Å². The lowest BCUT2D eigenvalue weighted by atomic mass is 9.95. The van der Waals surface area contributed by atoms with Crippen LogP contribution in [0.5, 0.6) is 5.88 Å². The molecule has 7 nitrogen and oxygen atoms in total. The SMILES string of the molecule is COCc1cc(N2CCc3ncnc(OC)c3C2)nc(C(C)(C)C)n1. The normalized spacial score (nSPS) is 14.4. The molecule has 0 amide bonds. The van der Waals surface area contributed by atoms with Gasteiger partial charge in [0, 0.05) is 31.6 Å². The van der Waals surface area contributed by atoms with Crippen molar-refractivity contribution >= 4 is 5.82 Å². The first-order valence-electron chi connectivity index (χ1n) is 8.41. The van der Waals surface area contributed by atoms with Crippen LogP contribution in [0.2, 0.25) is 0 Å². The first kappa shape index (κ1) is 17.5. The van der Waals surface area contributed by atoms with E-state index < -0.39 is 0 Å². The summed E-state index contributed by atoms with van der Waals surface area (Å²) in [6.07, 6.45) is 2.40. The maximum Gasteiger partial charge on any atom is 0.221 e. The molecular formula is C18H25N5O2. The van der Waals surface area contributed by atoms with Crippen molar-refractivity contribution in [1.29, 1.82) is 0 Å². The van der Waals surface area contributed by atoms with Gasteiger partial charge >= 0.3 is 0 Å². The zero-order valence-electron chi connectivity index (χ0n) is 15.5. The van der Waals surface area contributed by atoms with Crippen molar-refractivity contribution in [2.24, 2.45) is 0 Å². The Morgan fingerprint density at radius 1 is 1.16 bits per heavy atom. The van der Waals surface area contributed by atoms with E-state index in [2.05, 4.69) is 40.6 Å². The second-order valence-corrected chi connectivity index (χ2v) is 7.20. The smallest absolute Gasteiger partial charge is 0.221 e. The highest BCUT2D eigenvalue weighted by atomic mass is 16.5. The second-order valence-electron chi connectivity index (χ2n) is 7.20. The molecular weight excluding hydrogens is 318 g/mol. The van der Waals surface area contributed by atoms with Crippen LogP contribution < -0.4 is 9.64 Å². The average molecular weight is 343 g/mol. The standard InChI is InChI=1S/C18H25N5O2/c1-18(2,3)17-21-12(10-24-4)8-15(22-17)23-7-6-14-13(9-23)16(25-5)20-11-19-14/h8,11H,6-7,9-10H2,1-5H3. The molecule has 0 spiro atoms. The number of aromatic nitrogens is 4. The van der Waals surface area contributed by atoms with Crippen molar-refractivity contribution in [3.63, 3.8) is 0 Å². The molecule has 134 valence electrons. The predicted octanol–water partition coefficient (Wildman–Crippen LogP) is 2.28. The summed E-state index contributed by atoms with van der Waals surface area (Å²) in [5.41, 5.74) is 2.83. The maximum atomic E-state index is 5.41. The summed E-state index contributed by atoms with van der Waals surface area (Å²) in [6, 6.07) is 2.00. The minimum atomic E-state index is -0.132. The highest BCUT2D eigenvalue weighted by Gasteiger charge is 2.25. The van der Waals surface area contributed by atoms with Crippen LogP contribution in [-0.2, 0) is 29.7 Å². The van der Waals surface area contributed by atoms with Crippen LogP contribution in [0.4, 0.5) is 5.82 Å². The Hall–Kier alpha value is -2.28. The summed E-state index contributed by atoms with van der Waals surface area (Å²) in [5, 5.41) is 0. The van der Waals surface area contributed by atoms with E-state index in [9.17, 15) is 0 Å². The zero-order valence-corrected chi connectivity index (χ0v) is 15.5. The third kappa shape index (κ3) is 3.71. The quantitative estimate of drug-likeness (QED) is 0.843. The molecule has 1 aliphatic rings. The molecule has 0 fully saturated rings. The van der Waals surface area contributed by atoms with Crippen LogP contribution in [0.3, 0.4) is 0 Å². The first-order chi connectivity index (χ1) is 11.9. The highest BCUT2D eigenvalue weighted by molar-refractivity contribution is 5.46. The van der Waals surface area contributed by atoms with Gasteiger partial charge in [0.2, 0.25) is 5.88 Å². The van der Waals surface area contributed by atoms with Crippen LogP contribution in [0.25, 0.3) is 0 Å². The molecule has 2 aromatic heterocycles. The molecule has 0 N–H and O–H groups in total. The topological polar surface area (TPSA) is 73.3 Å². The minimum Gasteiger partial charge on any atom is -0.481 e. The molecule has 7 heteroatoms. The molecule has 0 bridgehead atoms. The van der Waals surface area contributed by atoms with Crippen molar-refractivity contribution in [2.75, 3.05) is 25.7 Å². The Labute approximate surface area is 148 Å². The summed E-state index contributed by atoms with van der Waals surface area (Å²) < 4.78 is 10.7. The maximum absolute atomic E-state index is 5.41. The Morgan fingerprint density at radius 3 is 2.64 bits per heavy atom. The fourth-order valence-electron chi connectivity index (χ4n) is 2.89. The number of nitrogens with zero attached hydrogens (tertiary/aromatic N) is 5. The van der Waals surface area contributed by atoms with E-state index in [1.807, 2.05) is 6.07 Å². The molecule has 0 aromatic carbocycles. The molecule has 2 aromatic rings. The van der Waals surface area contributed by atoms with Gasteiger partial charge in [-0.15, -0.1) is 0 Å². The zero-order chi connectivity index (χ0) is 18.0. The number of methoxy groups -OCH3 is 2. The van der Waals surface area contributed by atoms with Gasteiger partial charge in [-0.3, -0.25) is 0 Å². The predicted molar refractivity (Wildman–Crippen MR) is 94.8 cm³/mol. The van der Waals surface area contributed by atoms with Gasteiger partial charge in [-0.2, -0.15) is 0 Å². The summed E-state index contributed by atoms with van der Waals surface area (Å²) in [4.78, 5) is 20.3. The van der Waals surface area contributed by atoms with E-state index in [4.69, 9.17) is 14.5 Å². The van der Waals surface area contributed by atoms with E-state index in [1.165, 1.54) is 0 Å². The molecule has 3 heterocycles. The van der Waals surface area contributed by atoms with E-state index >= 15 is 0 Å². The van der Waals surface area contributed by atoms with E-state index in [1.54, 1.807) is 20.5 Å². The Kier molecular flexibility index (Phi) is 4.85. The van der Waals surface area contributed by atoms with Crippen molar-refractivity contribution in [1.82, 2.24) is 19.9 Å². The fraction of sp³-hybridized carbons (Fsp3) is 0.556. The summed E-state index contributed by atoms with van der Waals surface area (Å²) in [7, 11) is 3.32. The van der Waals surface area contributed by atoms with Gasteiger partial charge in [0.05, 0.1) is 37.2 Å². The average Bonchev–Trinajstić information content (AvgIpc) is 2.60. The Bertz CT molecular complexity index is 743. The Balaban J connectivity index is 1.97. The molecule has 0 atom stereocenters. The first-order valence-corrected chi connectivity index (χ1v) is 8.41. The van der Waals surface area contributed by atoms with Crippen molar-refractivity contribution < 1.29 is 9.47 Å². The summed E-state index contributed by atoms with van der Waals surface area (Å²) in [5.74, 6) is 2.36. The number of ether oxygens (including phenoxy) is 2. The van der Waals surface area contributed by atoms with Gasteiger partial charge in [-0.05, 0) is 0 Å². The molecule has 0 saturated heterocycles. The van der Waals surface area contributed by atoms with Gasteiger partial charge in [0.1, 0.15) is 18.0 Å². The van der Waals surface area contributed by atoms with Crippen LogP contribution in [0.15, 0.2) is 12.4 Å². The second kappa shape index (κ2) is 6.92. The van der Waals surface area contributed by atoms with Gasteiger partial charge in [-0.25, -0.2) is 19.9 Å². The third-order valence-corrected chi connectivity index (χ3v) is 4.21. The van der Waals surface area contributed by atoms with E-state index in [0.29, 0.717) is 19.0 Å². The van der Waals surface area contributed by atoms with Gasteiger partial charge in [0.15, 0.2) is 0 Å². The summed E-state index contributed by atoms with van der Waals surface area (Å²) in [6.45, 7) is 8.34. The number of hydrogen-bond acceptors (Lipinski definition) is 7. The van der Waals surface area contributed by atoms with Crippen LogP contribution >= 0.6 is 0 Å². The van der Waals surface area contributed by atoms with Crippen LogP contribution in [0, 0.1) is 0 Å². The highest BCUT2D eigenvalue weighted by Crippen LogP contribution is 2.29. The largest absolute Gasteiger partial charge is 0.481 e. The van der Waals surface area contributed by atoms with Gasteiger partial charge in [0.25, 0.3) is 0 Å². The monoisotopic (exact) mass is 343 g/mol. The molecule has 1 aliphatic heterocycles. The number of hydrogen-bond donors (Lipinski definition) is 0. The lowest BCUT2D eigenvalue weighted by molar-refractivity contribution is 0.181.